The Labute approximate surface area is 140 Å². The molecule has 24 heavy (non-hydrogen) atoms. The topological polar surface area (TPSA) is 69.7 Å². The monoisotopic (exact) mass is 327 g/mol. The number of anilines is 1. The molecule has 1 saturated heterocycles. The largest absolute Gasteiger partial charge is 0.325 e. The third-order valence-corrected chi connectivity index (χ3v) is 5.47. The summed E-state index contributed by atoms with van der Waals surface area (Å²) in [6, 6.07) is 7.40. The number of carbonyl (C=O) groups excluding carboxylic acids is 3. The number of carbonyl (C=O) groups is 3. The van der Waals surface area contributed by atoms with Crippen molar-refractivity contribution in [2.45, 2.75) is 50.6 Å². The minimum atomic E-state index is -0.758. The first-order valence-corrected chi connectivity index (χ1v) is 8.56. The summed E-state index contributed by atoms with van der Waals surface area (Å²) in [4.78, 5) is 40.6. The first-order valence-electron chi connectivity index (χ1n) is 8.56. The number of urea groups is 1. The van der Waals surface area contributed by atoms with Crippen LogP contribution in [0.2, 0.25) is 0 Å². The second kappa shape index (κ2) is 5.33. The van der Waals surface area contributed by atoms with Crippen LogP contribution in [-0.2, 0) is 16.0 Å². The highest BCUT2D eigenvalue weighted by Crippen LogP contribution is 2.36. The molecule has 0 bridgehead atoms. The third kappa shape index (κ3) is 2.12. The van der Waals surface area contributed by atoms with Gasteiger partial charge in [0.15, 0.2) is 0 Å². The summed E-state index contributed by atoms with van der Waals surface area (Å²) in [7, 11) is 0. The Kier molecular flexibility index (Phi) is 3.37. The first kappa shape index (κ1) is 15.2. The quantitative estimate of drug-likeness (QED) is 0.843. The van der Waals surface area contributed by atoms with Gasteiger partial charge >= 0.3 is 6.03 Å². The van der Waals surface area contributed by atoms with Crippen molar-refractivity contribution in [2.75, 3.05) is 11.4 Å². The molecule has 1 saturated carbocycles. The summed E-state index contributed by atoms with van der Waals surface area (Å²) in [6.07, 6.45) is 4.01. The van der Waals surface area contributed by atoms with Crippen molar-refractivity contribution in [3.63, 3.8) is 0 Å². The minimum absolute atomic E-state index is 0.0381. The smallest absolute Gasteiger partial charge is 0.323 e. The van der Waals surface area contributed by atoms with E-state index in [1.807, 2.05) is 31.2 Å². The van der Waals surface area contributed by atoms with Crippen molar-refractivity contribution in [1.29, 1.82) is 0 Å². The normalized spacial score (nSPS) is 24.6. The predicted octanol–water partition coefficient (Wildman–Crippen LogP) is 1.83. The van der Waals surface area contributed by atoms with Crippen LogP contribution >= 0.6 is 0 Å². The number of hydrogen-bond acceptors (Lipinski definition) is 3. The SMILES string of the molecule is C[C@H]1Cc2ccccc2N1C(=O)CN1C(=O)NC2(CCCC2)C1=O. The van der Waals surface area contributed by atoms with Gasteiger partial charge in [-0.3, -0.25) is 14.5 Å². The van der Waals surface area contributed by atoms with Crippen LogP contribution in [0.25, 0.3) is 0 Å². The van der Waals surface area contributed by atoms with Crippen LogP contribution < -0.4 is 10.2 Å². The second-order valence-corrected chi connectivity index (χ2v) is 7.06. The van der Waals surface area contributed by atoms with Gasteiger partial charge in [-0.2, -0.15) is 0 Å². The molecule has 0 unspecified atom stereocenters. The van der Waals surface area contributed by atoms with Crippen LogP contribution in [0.15, 0.2) is 24.3 Å². The van der Waals surface area contributed by atoms with E-state index in [0.717, 1.165) is 35.4 Å². The van der Waals surface area contributed by atoms with Crippen LogP contribution in [0.5, 0.6) is 0 Å². The molecule has 1 aromatic rings. The average Bonchev–Trinajstić information content (AvgIpc) is 3.20. The first-order chi connectivity index (χ1) is 11.5. The zero-order valence-electron chi connectivity index (χ0n) is 13.7. The molecule has 1 N–H and O–H groups in total. The molecule has 2 fully saturated rings. The lowest BCUT2D eigenvalue weighted by atomic mass is 9.98. The maximum absolute atomic E-state index is 12.8. The number of rotatable bonds is 2. The van der Waals surface area contributed by atoms with E-state index in [-0.39, 0.29) is 24.4 Å². The Bertz CT molecular complexity index is 724. The van der Waals surface area contributed by atoms with Crippen molar-refractivity contribution < 1.29 is 14.4 Å². The zero-order chi connectivity index (χ0) is 16.9. The maximum Gasteiger partial charge on any atom is 0.325 e. The molecule has 4 amide bonds. The summed E-state index contributed by atoms with van der Waals surface area (Å²) in [5.74, 6) is -0.440. The summed E-state index contributed by atoms with van der Waals surface area (Å²) >= 11 is 0. The summed E-state index contributed by atoms with van der Waals surface area (Å²) in [5, 5.41) is 2.82. The van der Waals surface area contributed by atoms with Crippen LogP contribution in [0, 0.1) is 0 Å². The summed E-state index contributed by atoms with van der Waals surface area (Å²) in [5.41, 5.74) is 1.26. The Morgan fingerprint density at radius 2 is 1.96 bits per heavy atom. The van der Waals surface area contributed by atoms with Crippen LogP contribution in [0.3, 0.4) is 0 Å². The molecular formula is C18H21N3O3. The Morgan fingerprint density at radius 3 is 2.71 bits per heavy atom. The van der Waals surface area contributed by atoms with Gasteiger partial charge in [0.05, 0.1) is 0 Å². The fourth-order valence-electron chi connectivity index (χ4n) is 4.29. The van der Waals surface area contributed by atoms with E-state index in [1.54, 1.807) is 4.90 Å². The van der Waals surface area contributed by atoms with Crippen LogP contribution in [-0.4, -0.2) is 40.9 Å². The highest BCUT2D eigenvalue weighted by Gasteiger charge is 2.53. The number of hydrogen-bond donors (Lipinski definition) is 1. The van der Waals surface area contributed by atoms with E-state index in [2.05, 4.69) is 5.32 Å². The van der Waals surface area contributed by atoms with Gasteiger partial charge in [0.25, 0.3) is 5.91 Å². The number of nitrogens with one attached hydrogen (secondary N) is 1. The van der Waals surface area contributed by atoms with Gasteiger partial charge < -0.3 is 10.2 Å². The van der Waals surface area contributed by atoms with Gasteiger partial charge in [-0.05, 0) is 37.8 Å². The Hall–Kier alpha value is -2.37. The lowest BCUT2D eigenvalue weighted by molar-refractivity contribution is -0.134. The molecule has 0 radical (unpaired) electrons. The fraction of sp³-hybridized carbons (Fsp3) is 0.500. The lowest BCUT2D eigenvalue weighted by Gasteiger charge is -2.25. The van der Waals surface area contributed by atoms with Crippen molar-refractivity contribution in [2.24, 2.45) is 0 Å². The number of fused-ring (bicyclic) bond motifs is 1. The molecule has 6 heteroatoms. The van der Waals surface area contributed by atoms with Crippen molar-refractivity contribution in [3.05, 3.63) is 29.8 Å². The highest BCUT2D eigenvalue weighted by molar-refractivity contribution is 6.10. The Morgan fingerprint density at radius 1 is 1.25 bits per heavy atom. The van der Waals surface area contributed by atoms with Gasteiger partial charge in [-0.15, -0.1) is 0 Å². The van der Waals surface area contributed by atoms with Crippen molar-refractivity contribution in [1.82, 2.24) is 10.2 Å². The number of nitrogens with zero attached hydrogens (tertiary/aromatic N) is 2. The number of benzene rings is 1. The number of para-hydroxylation sites is 1. The molecule has 126 valence electrons. The summed E-state index contributed by atoms with van der Waals surface area (Å²) < 4.78 is 0. The molecule has 3 aliphatic rings. The van der Waals surface area contributed by atoms with Crippen molar-refractivity contribution >= 4 is 23.5 Å². The van der Waals surface area contributed by atoms with E-state index >= 15 is 0 Å². The molecule has 6 nitrogen and oxygen atoms in total. The lowest BCUT2D eigenvalue weighted by Crippen LogP contribution is -2.47. The standard InChI is InChI=1S/C18H21N3O3/c1-12-10-13-6-2-3-7-14(13)21(12)15(22)11-20-16(23)18(19-17(20)24)8-4-5-9-18/h2-3,6-7,12H,4-5,8-11H2,1H3,(H,19,24)/t12-/m0/s1. The van der Waals surface area contributed by atoms with E-state index in [0.29, 0.717) is 12.8 Å². The van der Waals surface area contributed by atoms with Gasteiger partial charge in [-0.25, -0.2) is 4.79 Å². The van der Waals surface area contributed by atoms with Gasteiger partial charge in [0.2, 0.25) is 5.91 Å². The van der Waals surface area contributed by atoms with Crippen LogP contribution in [0.4, 0.5) is 10.5 Å². The predicted molar refractivity (Wildman–Crippen MR) is 88.5 cm³/mol. The molecule has 0 aromatic heterocycles. The molecule has 1 spiro atoms. The number of amides is 4. The molecule has 1 aromatic carbocycles. The van der Waals surface area contributed by atoms with E-state index in [4.69, 9.17) is 0 Å². The Balaban J connectivity index is 1.55. The summed E-state index contributed by atoms with van der Waals surface area (Å²) in [6.45, 7) is 1.80. The highest BCUT2D eigenvalue weighted by atomic mass is 16.2. The third-order valence-electron chi connectivity index (χ3n) is 5.47. The molecule has 2 heterocycles. The average molecular weight is 327 g/mol. The number of imide groups is 1. The molecular weight excluding hydrogens is 306 g/mol. The fourth-order valence-corrected chi connectivity index (χ4v) is 4.29. The molecule has 1 aliphatic carbocycles. The molecule has 1 atom stereocenters. The molecule has 2 aliphatic heterocycles. The van der Waals surface area contributed by atoms with Crippen LogP contribution in [0.1, 0.15) is 38.2 Å². The maximum atomic E-state index is 12.8. The van der Waals surface area contributed by atoms with E-state index in [1.165, 1.54) is 0 Å². The van der Waals surface area contributed by atoms with E-state index < -0.39 is 11.6 Å². The van der Waals surface area contributed by atoms with Gasteiger partial charge in [-0.1, -0.05) is 31.0 Å². The second-order valence-electron chi connectivity index (χ2n) is 7.06. The zero-order valence-corrected chi connectivity index (χ0v) is 13.7. The van der Waals surface area contributed by atoms with E-state index in [9.17, 15) is 14.4 Å². The van der Waals surface area contributed by atoms with Crippen molar-refractivity contribution in [3.8, 4) is 0 Å². The van der Waals surface area contributed by atoms with Gasteiger partial charge in [0, 0.05) is 11.7 Å². The molecule has 4 rings (SSSR count). The van der Waals surface area contributed by atoms with Gasteiger partial charge in [0.1, 0.15) is 12.1 Å². The minimum Gasteiger partial charge on any atom is -0.323 e.